The van der Waals surface area contributed by atoms with E-state index in [-0.39, 0.29) is 19.9 Å². The maximum atomic E-state index is 5.91. The first-order valence-corrected chi connectivity index (χ1v) is 8.08. The summed E-state index contributed by atoms with van der Waals surface area (Å²) in [4.78, 5) is 0. The predicted octanol–water partition coefficient (Wildman–Crippen LogP) is 5.51. The standard InChI is InChI=1S/C17H29O2P/c1-9-18-20-19-15-12(2)10-13(16(3,4)5)11-14(15)17(6,7)8/h10-11,20H,9H2,1-8H3. The molecule has 0 spiro atoms. The van der Waals surface area contributed by atoms with Gasteiger partial charge in [0.25, 0.3) is 0 Å². The zero-order valence-electron chi connectivity index (χ0n) is 14.2. The Morgan fingerprint density at radius 2 is 1.60 bits per heavy atom. The molecule has 0 saturated carbocycles. The van der Waals surface area contributed by atoms with Gasteiger partial charge in [-0.05, 0) is 35.8 Å². The summed E-state index contributed by atoms with van der Waals surface area (Å²) < 4.78 is 11.3. The van der Waals surface area contributed by atoms with Crippen LogP contribution in [0.5, 0.6) is 5.75 Å². The van der Waals surface area contributed by atoms with Gasteiger partial charge in [0.2, 0.25) is 9.03 Å². The Morgan fingerprint density at radius 1 is 1.00 bits per heavy atom. The first-order chi connectivity index (χ1) is 9.07. The molecule has 1 unspecified atom stereocenters. The summed E-state index contributed by atoms with van der Waals surface area (Å²) in [6.45, 7) is 18.2. The Labute approximate surface area is 126 Å². The highest BCUT2D eigenvalue weighted by Gasteiger charge is 2.25. The van der Waals surface area contributed by atoms with Crippen LogP contribution in [0.2, 0.25) is 0 Å². The van der Waals surface area contributed by atoms with Crippen molar-refractivity contribution < 1.29 is 9.05 Å². The minimum Gasteiger partial charge on any atom is -0.449 e. The van der Waals surface area contributed by atoms with Crippen molar-refractivity contribution in [3.63, 3.8) is 0 Å². The van der Waals surface area contributed by atoms with Gasteiger partial charge in [0.05, 0.1) is 6.61 Å². The quantitative estimate of drug-likeness (QED) is 0.538. The fourth-order valence-electron chi connectivity index (χ4n) is 2.03. The summed E-state index contributed by atoms with van der Waals surface area (Å²) >= 11 is 0. The van der Waals surface area contributed by atoms with E-state index in [0.717, 1.165) is 5.75 Å². The van der Waals surface area contributed by atoms with Crippen molar-refractivity contribution >= 4 is 9.03 Å². The zero-order chi connectivity index (χ0) is 15.6. The van der Waals surface area contributed by atoms with Crippen LogP contribution in [-0.2, 0) is 15.4 Å². The van der Waals surface area contributed by atoms with Crippen LogP contribution in [0.4, 0.5) is 0 Å². The van der Waals surface area contributed by atoms with Gasteiger partial charge in [0.1, 0.15) is 5.75 Å². The molecule has 0 bridgehead atoms. The lowest BCUT2D eigenvalue weighted by Crippen LogP contribution is -2.17. The Hall–Kier alpha value is -0.590. The zero-order valence-corrected chi connectivity index (χ0v) is 15.2. The van der Waals surface area contributed by atoms with Gasteiger partial charge in [0, 0.05) is 5.56 Å². The third-order valence-electron chi connectivity index (χ3n) is 3.30. The minimum absolute atomic E-state index is 0.0536. The van der Waals surface area contributed by atoms with Gasteiger partial charge in [-0.15, -0.1) is 0 Å². The molecular formula is C17H29O2P. The molecule has 0 heterocycles. The fourth-order valence-corrected chi connectivity index (χ4v) is 2.56. The molecule has 0 amide bonds. The molecule has 0 aliphatic rings. The number of hydrogen-bond acceptors (Lipinski definition) is 2. The number of benzene rings is 1. The Morgan fingerprint density at radius 3 is 2.05 bits per heavy atom. The van der Waals surface area contributed by atoms with Crippen LogP contribution in [0.15, 0.2) is 12.1 Å². The lowest BCUT2D eigenvalue weighted by molar-refractivity contribution is 0.348. The van der Waals surface area contributed by atoms with E-state index in [1.54, 1.807) is 0 Å². The van der Waals surface area contributed by atoms with Crippen molar-refractivity contribution in [2.75, 3.05) is 6.61 Å². The normalized spacial score (nSPS) is 13.2. The van der Waals surface area contributed by atoms with E-state index in [1.807, 2.05) is 6.92 Å². The highest BCUT2D eigenvalue weighted by Crippen LogP contribution is 2.40. The molecule has 1 aromatic carbocycles. The van der Waals surface area contributed by atoms with Gasteiger partial charge in [0.15, 0.2) is 0 Å². The topological polar surface area (TPSA) is 18.5 Å². The van der Waals surface area contributed by atoms with Crippen molar-refractivity contribution in [3.8, 4) is 5.75 Å². The molecular weight excluding hydrogens is 267 g/mol. The van der Waals surface area contributed by atoms with Crippen LogP contribution >= 0.6 is 9.03 Å². The highest BCUT2D eigenvalue weighted by atomic mass is 31.1. The van der Waals surface area contributed by atoms with Crippen LogP contribution < -0.4 is 4.52 Å². The SMILES string of the molecule is CCOPOc1c(C)cc(C(C)(C)C)cc1C(C)(C)C. The lowest BCUT2D eigenvalue weighted by atomic mass is 9.79. The Balaban J connectivity index is 3.29. The molecule has 0 N–H and O–H groups in total. The van der Waals surface area contributed by atoms with Crippen LogP contribution in [0, 0.1) is 6.92 Å². The monoisotopic (exact) mass is 296 g/mol. The molecule has 0 aliphatic carbocycles. The summed E-state index contributed by atoms with van der Waals surface area (Å²) in [6, 6.07) is 4.53. The van der Waals surface area contributed by atoms with Crippen LogP contribution in [-0.4, -0.2) is 6.61 Å². The second-order valence-corrected chi connectivity index (χ2v) is 7.95. The first-order valence-electron chi connectivity index (χ1n) is 7.26. The number of aryl methyl sites for hydroxylation is 1. The van der Waals surface area contributed by atoms with Crippen LogP contribution in [0.1, 0.15) is 65.2 Å². The van der Waals surface area contributed by atoms with Gasteiger partial charge < -0.3 is 9.05 Å². The maximum absolute atomic E-state index is 5.91. The van der Waals surface area contributed by atoms with Gasteiger partial charge in [-0.2, -0.15) is 0 Å². The Bertz CT molecular complexity index is 453. The summed E-state index contributed by atoms with van der Waals surface area (Å²) in [6.07, 6.45) is 0. The minimum atomic E-state index is 0.0536. The van der Waals surface area contributed by atoms with Gasteiger partial charge in [-0.25, -0.2) is 0 Å². The molecule has 0 saturated heterocycles. The molecule has 1 rings (SSSR count). The average molecular weight is 296 g/mol. The third-order valence-corrected chi connectivity index (χ3v) is 3.99. The largest absolute Gasteiger partial charge is 0.449 e. The van der Waals surface area contributed by atoms with Gasteiger partial charge in [-0.1, -0.05) is 53.7 Å². The van der Waals surface area contributed by atoms with E-state index < -0.39 is 0 Å². The molecule has 114 valence electrons. The maximum Gasteiger partial charge on any atom is 0.215 e. The molecule has 1 atom stereocenters. The van der Waals surface area contributed by atoms with Crippen molar-refractivity contribution in [1.82, 2.24) is 0 Å². The smallest absolute Gasteiger partial charge is 0.215 e. The van der Waals surface area contributed by atoms with Gasteiger partial charge >= 0.3 is 0 Å². The van der Waals surface area contributed by atoms with Crippen LogP contribution in [0.25, 0.3) is 0 Å². The summed E-state index contributed by atoms with van der Waals surface area (Å²) in [5.41, 5.74) is 4.00. The highest BCUT2D eigenvalue weighted by molar-refractivity contribution is 7.26. The van der Waals surface area contributed by atoms with Crippen LogP contribution in [0.3, 0.4) is 0 Å². The average Bonchev–Trinajstić information content (AvgIpc) is 2.28. The molecule has 0 radical (unpaired) electrons. The fraction of sp³-hybridized carbons (Fsp3) is 0.647. The Kier molecular flexibility index (Phi) is 5.63. The van der Waals surface area contributed by atoms with E-state index in [0.29, 0.717) is 6.61 Å². The molecule has 0 aromatic heterocycles. The van der Waals surface area contributed by atoms with E-state index in [4.69, 9.17) is 9.05 Å². The van der Waals surface area contributed by atoms with Crippen molar-refractivity contribution in [2.45, 2.75) is 66.2 Å². The molecule has 3 heteroatoms. The summed E-state index contributed by atoms with van der Waals surface area (Å²) in [5.74, 6) is 0.984. The predicted molar refractivity (Wildman–Crippen MR) is 89.1 cm³/mol. The molecule has 0 fully saturated rings. The molecule has 0 aliphatic heterocycles. The number of rotatable bonds is 4. The van der Waals surface area contributed by atoms with Crippen molar-refractivity contribution in [3.05, 3.63) is 28.8 Å². The van der Waals surface area contributed by atoms with Crippen molar-refractivity contribution in [1.29, 1.82) is 0 Å². The second-order valence-electron chi connectivity index (χ2n) is 7.29. The first kappa shape index (κ1) is 17.5. The van der Waals surface area contributed by atoms with E-state index in [1.165, 1.54) is 16.7 Å². The van der Waals surface area contributed by atoms with Gasteiger partial charge in [-0.3, -0.25) is 0 Å². The summed E-state index contributed by atoms with van der Waals surface area (Å²) in [5, 5.41) is 0. The van der Waals surface area contributed by atoms with E-state index in [2.05, 4.69) is 60.6 Å². The van der Waals surface area contributed by atoms with Crippen molar-refractivity contribution in [2.24, 2.45) is 0 Å². The third kappa shape index (κ3) is 4.46. The van der Waals surface area contributed by atoms with E-state index >= 15 is 0 Å². The number of hydrogen-bond donors (Lipinski definition) is 0. The lowest BCUT2D eigenvalue weighted by Gasteiger charge is -2.28. The second kappa shape index (κ2) is 6.45. The molecule has 1 aromatic rings. The molecule has 2 nitrogen and oxygen atoms in total. The summed E-state index contributed by atoms with van der Waals surface area (Å²) in [7, 11) is 0.0650. The molecule has 20 heavy (non-hydrogen) atoms. The van der Waals surface area contributed by atoms with E-state index in [9.17, 15) is 0 Å².